The molecule has 162 valence electrons. The second-order valence-corrected chi connectivity index (χ2v) is 11.2. The maximum atomic E-state index is 13.0. The summed E-state index contributed by atoms with van der Waals surface area (Å²) >= 11 is 0. The van der Waals surface area contributed by atoms with Crippen LogP contribution in [-0.4, -0.2) is 38.6 Å². The van der Waals surface area contributed by atoms with E-state index in [4.69, 9.17) is 0 Å². The van der Waals surface area contributed by atoms with E-state index in [1.165, 1.54) is 9.87 Å². The molecule has 0 spiro atoms. The lowest BCUT2D eigenvalue weighted by molar-refractivity contribution is 0.0785. The fourth-order valence-corrected chi connectivity index (χ4v) is 5.44. The molecule has 3 rings (SSSR count). The number of hydrogen-bond acceptors (Lipinski definition) is 3. The predicted octanol–water partition coefficient (Wildman–Crippen LogP) is 4.49. The number of rotatable bonds is 4. The Bertz CT molecular complexity index is 1020. The van der Waals surface area contributed by atoms with Gasteiger partial charge in [-0.25, -0.2) is 8.42 Å². The number of benzene rings is 2. The van der Waals surface area contributed by atoms with Crippen molar-refractivity contribution in [3.8, 4) is 0 Å². The number of nitrogens with zero attached hydrogens (tertiary/aromatic N) is 2. The summed E-state index contributed by atoms with van der Waals surface area (Å²) in [4.78, 5) is 14.7. The Kier molecular flexibility index (Phi) is 6.27. The van der Waals surface area contributed by atoms with E-state index in [-0.39, 0.29) is 17.1 Å². The zero-order valence-corrected chi connectivity index (χ0v) is 19.4. The molecule has 1 amide bonds. The van der Waals surface area contributed by atoms with Crippen molar-refractivity contribution in [2.24, 2.45) is 0 Å². The van der Waals surface area contributed by atoms with Gasteiger partial charge in [0.25, 0.3) is 5.91 Å². The van der Waals surface area contributed by atoms with E-state index in [1.807, 2.05) is 13.0 Å². The van der Waals surface area contributed by atoms with Crippen molar-refractivity contribution < 1.29 is 13.2 Å². The topological polar surface area (TPSA) is 57.7 Å². The predicted molar refractivity (Wildman–Crippen MR) is 122 cm³/mol. The lowest BCUT2D eigenvalue weighted by Gasteiger charge is -2.30. The van der Waals surface area contributed by atoms with Crippen LogP contribution in [0, 0.1) is 6.92 Å². The number of sulfonamides is 1. The number of anilines is 1. The van der Waals surface area contributed by atoms with Crippen LogP contribution < -0.4 is 4.31 Å². The molecule has 5 nitrogen and oxygen atoms in total. The van der Waals surface area contributed by atoms with Crippen molar-refractivity contribution in [3.63, 3.8) is 0 Å². The van der Waals surface area contributed by atoms with Crippen LogP contribution >= 0.6 is 0 Å². The van der Waals surface area contributed by atoms with Gasteiger partial charge in [-0.2, -0.15) is 0 Å². The quantitative estimate of drug-likeness (QED) is 0.721. The van der Waals surface area contributed by atoms with Crippen LogP contribution in [0.25, 0.3) is 0 Å². The number of hydrogen-bond donors (Lipinski definition) is 0. The van der Waals surface area contributed by atoms with Crippen LogP contribution in [0.1, 0.15) is 60.7 Å². The third-order valence-corrected chi connectivity index (χ3v) is 7.52. The number of carbonyl (C=O) groups is 1. The first kappa shape index (κ1) is 22.3. The summed E-state index contributed by atoms with van der Waals surface area (Å²) in [6.45, 7) is 9.37. The van der Waals surface area contributed by atoms with E-state index in [0.29, 0.717) is 30.8 Å². The lowest BCUT2D eigenvalue weighted by atomic mass is 9.87. The maximum Gasteiger partial charge on any atom is 0.253 e. The zero-order valence-electron chi connectivity index (χ0n) is 18.6. The van der Waals surface area contributed by atoms with Crippen LogP contribution in [-0.2, 0) is 22.0 Å². The number of aryl methyl sites for hydroxylation is 1. The molecule has 1 heterocycles. The van der Waals surface area contributed by atoms with Crippen LogP contribution in [0.4, 0.5) is 5.69 Å². The zero-order chi connectivity index (χ0) is 22.1. The van der Waals surface area contributed by atoms with E-state index >= 15 is 0 Å². The maximum absolute atomic E-state index is 13.0. The fourth-order valence-electron chi connectivity index (χ4n) is 3.75. The average molecular weight is 429 g/mol. The summed E-state index contributed by atoms with van der Waals surface area (Å²) in [5.74, 6) is 0.0419. The highest BCUT2D eigenvalue weighted by Gasteiger charge is 2.28. The molecule has 1 aliphatic heterocycles. The summed E-state index contributed by atoms with van der Waals surface area (Å²) in [6.07, 6.45) is 1.52. The summed E-state index contributed by atoms with van der Waals surface area (Å²) in [5.41, 5.74) is 4.38. The van der Waals surface area contributed by atoms with Crippen molar-refractivity contribution in [2.75, 3.05) is 23.7 Å². The van der Waals surface area contributed by atoms with E-state index in [9.17, 15) is 13.2 Å². The Balaban J connectivity index is 1.79. The van der Waals surface area contributed by atoms with Crippen molar-refractivity contribution in [1.29, 1.82) is 0 Å². The van der Waals surface area contributed by atoms with E-state index < -0.39 is 10.0 Å². The molecule has 0 N–H and O–H groups in total. The Hall–Kier alpha value is -2.34. The summed E-state index contributed by atoms with van der Waals surface area (Å²) in [6, 6.07) is 13.7. The van der Waals surface area contributed by atoms with Gasteiger partial charge < -0.3 is 4.90 Å². The standard InChI is InChI=1S/C24H32N2O3S/c1-18-8-11-20(16-22(18)26-14-6-7-15-30(26,28)29)23(27)25(5)17-19-9-12-21(13-10-19)24(2,3)4/h8-13,16H,6-7,14-15,17H2,1-5H3. The molecule has 0 unspecified atom stereocenters. The summed E-state index contributed by atoms with van der Waals surface area (Å²) in [7, 11) is -1.54. The molecule has 30 heavy (non-hydrogen) atoms. The lowest BCUT2D eigenvalue weighted by Crippen LogP contribution is -2.38. The van der Waals surface area contributed by atoms with Gasteiger partial charge >= 0.3 is 0 Å². The molecule has 0 saturated carbocycles. The van der Waals surface area contributed by atoms with Gasteiger partial charge in [0.2, 0.25) is 10.0 Å². The normalized spacial score (nSPS) is 16.4. The van der Waals surface area contributed by atoms with E-state index in [1.54, 1.807) is 24.1 Å². The Morgan fingerprint density at radius 1 is 1.07 bits per heavy atom. The van der Waals surface area contributed by atoms with Gasteiger partial charge in [-0.3, -0.25) is 9.10 Å². The Morgan fingerprint density at radius 3 is 2.33 bits per heavy atom. The first-order valence-corrected chi connectivity index (χ1v) is 12.1. The fraction of sp³-hybridized carbons (Fsp3) is 0.458. The summed E-state index contributed by atoms with van der Waals surface area (Å²) < 4.78 is 26.5. The molecule has 2 aromatic carbocycles. The van der Waals surface area contributed by atoms with Crippen molar-refractivity contribution in [2.45, 2.75) is 52.5 Å². The van der Waals surface area contributed by atoms with Crippen LogP contribution in [0.2, 0.25) is 0 Å². The first-order chi connectivity index (χ1) is 14.0. The minimum absolute atomic E-state index is 0.0906. The van der Waals surface area contributed by atoms with E-state index in [2.05, 4.69) is 45.0 Å². The van der Waals surface area contributed by atoms with Crippen molar-refractivity contribution in [1.82, 2.24) is 4.90 Å². The van der Waals surface area contributed by atoms with Gasteiger partial charge in [-0.15, -0.1) is 0 Å². The highest BCUT2D eigenvalue weighted by molar-refractivity contribution is 7.92. The molecule has 1 saturated heterocycles. The Labute approximate surface area is 180 Å². The van der Waals surface area contributed by atoms with Crippen molar-refractivity contribution in [3.05, 3.63) is 64.7 Å². The van der Waals surface area contributed by atoms with Gasteiger partial charge in [-0.05, 0) is 54.0 Å². The molecule has 0 bridgehead atoms. The van der Waals surface area contributed by atoms with Crippen molar-refractivity contribution >= 4 is 21.6 Å². The molecule has 0 aromatic heterocycles. The highest BCUT2D eigenvalue weighted by Crippen LogP contribution is 2.28. The molecule has 0 atom stereocenters. The minimum atomic E-state index is -3.32. The molecular weight excluding hydrogens is 396 g/mol. The molecule has 0 radical (unpaired) electrons. The monoisotopic (exact) mass is 428 g/mol. The highest BCUT2D eigenvalue weighted by atomic mass is 32.2. The van der Waals surface area contributed by atoms with Gasteiger partial charge in [0.15, 0.2) is 0 Å². The smallest absolute Gasteiger partial charge is 0.253 e. The molecular formula is C24H32N2O3S. The minimum Gasteiger partial charge on any atom is -0.337 e. The summed E-state index contributed by atoms with van der Waals surface area (Å²) in [5, 5.41) is 0. The molecule has 2 aromatic rings. The third-order valence-electron chi connectivity index (χ3n) is 5.66. The van der Waals surface area contributed by atoms with Crippen LogP contribution in [0.3, 0.4) is 0 Å². The van der Waals surface area contributed by atoms with Gasteiger partial charge in [-0.1, -0.05) is 51.1 Å². The van der Waals surface area contributed by atoms with Gasteiger partial charge in [0.1, 0.15) is 0 Å². The molecule has 0 aliphatic carbocycles. The van der Waals surface area contributed by atoms with E-state index in [0.717, 1.165) is 17.5 Å². The third kappa shape index (κ3) is 4.86. The largest absolute Gasteiger partial charge is 0.337 e. The second kappa shape index (κ2) is 8.42. The molecule has 1 fully saturated rings. The van der Waals surface area contributed by atoms with Crippen LogP contribution in [0.5, 0.6) is 0 Å². The first-order valence-electron chi connectivity index (χ1n) is 10.4. The molecule has 1 aliphatic rings. The van der Waals surface area contributed by atoms with Gasteiger partial charge in [0, 0.05) is 25.7 Å². The van der Waals surface area contributed by atoms with Gasteiger partial charge in [0.05, 0.1) is 11.4 Å². The number of carbonyl (C=O) groups excluding carboxylic acids is 1. The van der Waals surface area contributed by atoms with Crippen LogP contribution in [0.15, 0.2) is 42.5 Å². The molecule has 6 heteroatoms. The second-order valence-electron chi connectivity index (χ2n) is 9.20. The Morgan fingerprint density at radius 2 is 1.73 bits per heavy atom. The average Bonchev–Trinajstić information content (AvgIpc) is 2.67. The number of amides is 1. The SMILES string of the molecule is Cc1ccc(C(=O)N(C)Cc2ccc(C(C)(C)C)cc2)cc1N1CCCCS1(=O)=O.